The van der Waals surface area contributed by atoms with Crippen molar-refractivity contribution in [2.75, 3.05) is 52.7 Å². The second-order valence-corrected chi connectivity index (χ2v) is 10.1. The van der Waals surface area contributed by atoms with Crippen LogP contribution in [-0.4, -0.2) is 78.0 Å². The first-order valence-electron chi connectivity index (χ1n) is 12.1. The fourth-order valence-electron chi connectivity index (χ4n) is 4.40. The first-order chi connectivity index (χ1) is 17.5. The topological polar surface area (TPSA) is 76.8 Å². The quantitative estimate of drug-likeness (QED) is 0.251. The summed E-state index contributed by atoms with van der Waals surface area (Å²) in [6.07, 6.45) is 3.68. The molecule has 1 aromatic heterocycles. The van der Waals surface area contributed by atoms with Gasteiger partial charge >= 0.3 is 0 Å². The third-order valence-corrected chi connectivity index (χ3v) is 7.18. The first-order valence-corrected chi connectivity index (χ1v) is 13.3. The number of nitrogens with zero attached hydrogens (tertiary/aromatic N) is 3. The SMILES string of the molecule is O=C(COCCO)c1cc2c(ncn2CCCCN2CCOCC2)c(F)c1Cc1ccc(Br)cc1Cl. The van der Waals surface area contributed by atoms with Crippen LogP contribution in [0.3, 0.4) is 0 Å². The Hall–Kier alpha value is -1.88. The zero-order valence-electron chi connectivity index (χ0n) is 20.0. The summed E-state index contributed by atoms with van der Waals surface area (Å²) in [7, 11) is 0. The van der Waals surface area contributed by atoms with Crippen LogP contribution in [0.25, 0.3) is 11.0 Å². The molecule has 0 unspecified atom stereocenters. The highest BCUT2D eigenvalue weighted by Gasteiger charge is 2.22. The molecular weight excluding hydrogens is 553 g/mol. The molecule has 1 saturated heterocycles. The van der Waals surface area contributed by atoms with Gasteiger partial charge in [0.25, 0.3) is 0 Å². The normalized spacial score (nSPS) is 14.6. The van der Waals surface area contributed by atoms with Crippen LogP contribution in [0.4, 0.5) is 4.39 Å². The van der Waals surface area contributed by atoms with Gasteiger partial charge in [-0.15, -0.1) is 0 Å². The van der Waals surface area contributed by atoms with Crippen LogP contribution in [0.1, 0.15) is 34.3 Å². The third kappa shape index (κ3) is 6.70. The van der Waals surface area contributed by atoms with Crippen molar-refractivity contribution < 1.29 is 23.8 Å². The van der Waals surface area contributed by atoms with Gasteiger partial charge in [0.15, 0.2) is 11.6 Å². The van der Waals surface area contributed by atoms with Crippen LogP contribution in [0, 0.1) is 5.82 Å². The summed E-state index contributed by atoms with van der Waals surface area (Å²) in [4.78, 5) is 19.8. The number of rotatable bonds is 12. The van der Waals surface area contributed by atoms with Crippen LogP contribution in [0.2, 0.25) is 5.02 Å². The monoisotopic (exact) mass is 581 g/mol. The number of hydrogen-bond donors (Lipinski definition) is 1. The molecule has 0 amide bonds. The third-order valence-electron chi connectivity index (χ3n) is 6.34. The van der Waals surface area contributed by atoms with Gasteiger partial charge in [-0.25, -0.2) is 9.37 Å². The minimum absolute atomic E-state index is 0.0332. The molecule has 2 aromatic carbocycles. The number of hydrogen-bond acceptors (Lipinski definition) is 6. The predicted octanol–water partition coefficient (Wildman–Crippen LogP) is 4.49. The van der Waals surface area contributed by atoms with Crippen molar-refractivity contribution in [2.45, 2.75) is 25.8 Å². The zero-order chi connectivity index (χ0) is 25.5. The summed E-state index contributed by atoms with van der Waals surface area (Å²) in [5.74, 6) is -0.878. The maximum absolute atomic E-state index is 15.8. The average molecular weight is 583 g/mol. The van der Waals surface area contributed by atoms with Crippen LogP contribution in [0.15, 0.2) is 35.1 Å². The fraction of sp³-hybridized carbons (Fsp3) is 0.462. The molecular formula is C26H30BrClFN3O4. The maximum Gasteiger partial charge on any atom is 0.188 e. The highest BCUT2D eigenvalue weighted by molar-refractivity contribution is 9.10. The summed E-state index contributed by atoms with van der Waals surface area (Å²) >= 11 is 9.78. The smallest absolute Gasteiger partial charge is 0.188 e. The van der Waals surface area contributed by atoms with Crippen molar-refractivity contribution in [3.8, 4) is 0 Å². The molecule has 1 N–H and O–H groups in total. The molecule has 194 valence electrons. The summed E-state index contributed by atoms with van der Waals surface area (Å²) < 4.78 is 29.2. The van der Waals surface area contributed by atoms with Crippen molar-refractivity contribution >= 4 is 44.3 Å². The predicted molar refractivity (Wildman–Crippen MR) is 140 cm³/mol. The number of morpholine rings is 1. The Morgan fingerprint density at radius 3 is 2.75 bits per heavy atom. The minimum Gasteiger partial charge on any atom is -0.394 e. The van der Waals surface area contributed by atoms with E-state index in [9.17, 15) is 4.79 Å². The second kappa shape index (κ2) is 13.1. The standard InChI is InChI=1S/C26H30BrClFN3O4/c27-19-4-3-18(22(28)14-19)13-21-20(24(34)16-36-12-9-33)15-23-26(25(21)29)30-17-32(23)6-2-1-5-31-7-10-35-11-8-31/h3-4,14-15,17,33H,1-2,5-13,16H2. The molecule has 0 saturated carbocycles. The number of Topliss-reactive ketones (excluding diaryl/α,β-unsaturated/α-hetero) is 1. The fourth-order valence-corrected chi connectivity index (χ4v) is 5.14. The molecule has 1 aliphatic rings. The number of aromatic nitrogens is 2. The lowest BCUT2D eigenvalue weighted by atomic mass is 9.95. The summed E-state index contributed by atoms with van der Waals surface area (Å²) in [6.45, 7) is 4.71. The highest BCUT2D eigenvalue weighted by Crippen LogP contribution is 2.30. The molecule has 36 heavy (non-hydrogen) atoms. The van der Waals surface area contributed by atoms with E-state index in [1.165, 1.54) is 0 Å². The lowest BCUT2D eigenvalue weighted by molar-refractivity contribution is 0.0371. The Kier molecular flexibility index (Phi) is 9.87. The van der Waals surface area contributed by atoms with Gasteiger partial charge in [0, 0.05) is 46.7 Å². The van der Waals surface area contributed by atoms with E-state index in [0.29, 0.717) is 22.6 Å². The number of aliphatic hydroxyl groups excluding tert-OH is 1. The number of ether oxygens (including phenoxy) is 2. The Balaban J connectivity index is 1.58. The second-order valence-electron chi connectivity index (χ2n) is 8.80. The van der Waals surface area contributed by atoms with E-state index in [1.54, 1.807) is 24.5 Å². The summed E-state index contributed by atoms with van der Waals surface area (Å²) in [5.41, 5.74) is 1.99. The molecule has 1 fully saturated rings. The van der Waals surface area contributed by atoms with Gasteiger partial charge in [0.2, 0.25) is 0 Å². The molecule has 0 aliphatic carbocycles. The van der Waals surface area contributed by atoms with E-state index >= 15 is 4.39 Å². The number of imidazole rings is 1. The van der Waals surface area contributed by atoms with Gasteiger partial charge in [-0.05, 0) is 43.1 Å². The lowest BCUT2D eigenvalue weighted by Crippen LogP contribution is -2.36. The van der Waals surface area contributed by atoms with Crippen LogP contribution >= 0.6 is 27.5 Å². The van der Waals surface area contributed by atoms with Crippen molar-refractivity contribution in [3.63, 3.8) is 0 Å². The highest BCUT2D eigenvalue weighted by atomic mass is 79.9. The summed E-state index contributed by atoms with van der Waals surface area (Å²) in [6, 6.07) is 7.08. The Morgan fingerprint density at radius 2 is 2.00 bits per heavy atom. The molecule has 0 atom stereocenters. The van der Waals surface area contributed by atoms with E-state index in [1.807, 2.05) is 10.6 Å². The number of aryl methyl sites for hydroxylation is 1. The molecule has 10 heteroatoms. The summed E-state index contributed by atoms with van der Waals surface area (Å²) in [5, 5.41) is 9.47. The van der Waals surface area contributed by atoms with Crippen molar-refractivity contribution in [2.24, 2.45) is 0 Å². The van der Waals surface area contributed by atoms with Gasteiger partial charge in [0.05, 0.1) is 38.3 Å². The first kappa shape index (κ1) is 27.2. The van der Waals surface area contributed by atoms with Crippen molar-refractivity contribution in [1.82, 2.24) is 14.5 Å². The molecule has 2 heterocycles. The number of fused-ring (bicyclic) bond motifs is 1. The Morgan fingerprint density at radius 1 is 1.22 bits per heavy atom. The molecule has 1 aliphatic heterocycles. The Bertz CT molecular complexity index is 1200. The van der Waals surface area contributed by atoms with Crippen molar-refractivity contribution in [1.29, 1.82) is 0 Å². The van der Waals surface area contributed by atoms with Gasteiger partial charge < -0.3 is 19.1 Å². The van der Waals surface area contributed by atoms with Gasteiger partial charge in [-0.3, -0.25) is 9.69 Å². The van der Waals surface area contributed by atoms with Gasteiger partial charge in [0.1, 0.15) is 12.1 Å². The van der Waals surface area contributed by atoms with Crippen LogP contribution < -0.4 is 0 Å². The number of aliphatic hydroxyl groups is 1. The largest absolute Gasteiger partial charge is 0.394 e. The van der Waals surface area contributed by atoms with E-state index in [-0.39, 0.29) is 48.7 Å². The molecule has 0 spiro atoms. The number of unbranched alkanes of at least 4 members (excludes halogenated alkanes) is 1. The van der Waals surface area contributed by atoms with E-state index in [4.69, 9.17) is 26.2 Å². The lowest BCUT2D eigenvalue weighted by Gasteiger charge is -2.26. The number of ketones is 1. The maximum atomic E-state index is 15.8. The molecule has 0 bridgehead atoms. The zero-order valence-corrected chi connectivity index (χ0v) is 22.4. The number of halogens is 3. The Labute approximate surface area is 223 Å². The van der Waals surface area contributed by atoms with E-state index in [2.05, 4.69) is 25.8 Å². The number of carbonyl (C=O) groups is 1. The molecule has 0 radical (unpaired) electrons. The van der Waals surface area contributed by atoms with E-state index in [0.717, 1.165) is 50.2 Å². The molecule has 4 rings (SSSR count). The number of carbonyl (C=O) groups excluding carboxylic acids is 1. The van der Waals surface area contributed by atoms with E-state index < -0.39 is 5.82 Å². The molecule has 3 aromatic rings. The molecule has 7 nitrogen and oxygen atoms in total. The average Bonchev–Trinajstić information content (AvgIpc) is 3.28. The van der Waals surface area contributed by atoms with Crippen LogP contribution in [0.5, 0.6) is 0 Å². The van der Waals surface area contributed by atoms with Crippen molar-refractivity contribution in [3.05, 3.63) is 62.6 Å². The van der Waals surface area contributed by atoms with Gasteiger partial charge in [-0.1, -0.05) is 33.6 Å². The number of benzene rings is 2. The van der Waals surface area contributed by atoms with Crippen LogP contribution in [-0.2, 0) is 22.4 Å². The minimum atomic E-state index is -0.524. The van der Waals surface area contributed by atoms with Gasteiger partial charge in [-0.2, -0.15) is 0 Å².